The van der Waals surface area contributed by atoms with Gasteiger partial charge in [-0.3, -0.25) is 9.59 Å². The Balaban J connectivity index is 1.35. The van der Waals surface area contributed by atoms with Crippen LogP contribution >= 0.6 is 12.2 Å². The predicted molar refractivity (Wildman–Crippen MR) is 101 cm³/mol. The molecule has 7 nitrogen and oxygen atoms in total. The molecule has 2 aromatic rings. The number of fused-ring (bicyclic) bond motifs is 1. The van der Waals surface area contributed by atoms with Crippen molar-refractivity contribution in [2.75, 3.05) is 25.2 Å². The van der Waals surface area contributed by atoms with E-state index >= 15 is 0 Å². The Morgan fingerprint density at radius 1 is 1.15 bits per heavy atom. The topological polar surface area (TPSA) is 83.7 Å². The molecule has 0 atom stereocenters. The Labute approximate surface area is 161 Å². The van der Waals surface area contributed by atoms with Gasteiger partial charge >= 0.3 is 0 Å². The molecule has 2 aliphatic heterocycles. The van der Waals surface area contributed by atoms with Crippen LogP contribution in [0.5, 0.6) is 11.5 Å². The molecule has 2 amide bonds. The highest BCUT2D eigenvalue weighted by Gasteiger charge is 2.28. The number of anilines is 1. The van der Waals surface area contributed by atoms with Crippen LogP contribution in [0.15, 0.2) is 36.5 Å². The number of nitrogens with one attached hydrogen (secondary N) is 2. The van der Waals surface area contributed by atoms with Gasteiger partial charge in [-0.05, 0) is 37.1 Å². The van der Waals surface area contributed by atoms with Gasteiger partial charge in [-0.1, -0.05) is 12.2 Å². The molecule has 4 rings (SSSR count). The molecule has 1 fully saturated rings. The molecule has 1 aromatic carbocycles. The molecule has 8 heteroatoms. The fourth-order valence-corrected chi connectivity index (χ4v) is 3.55. The van der Waals surface area contributed by atoms with Gasteiger partial charge in [0, 0.05) is 37.0 Å². The summed E-state index contributed by atoms with van der Waals surface area (Å²) in [6.45, 7) is 1.26. The Morgan fingerprint density at radius 2 is 1.93 bits per heavy atom. The summed E-state index contributed by atoms with van der Waals surface area (Å²) in [4.78, 5) is 29.8. The van der Waals surface area contributed by atoms with Crippen LogP contribution in [0.2, 0.25) is 0 Å². The molecule has 0 spiro atoms. The molecule has 3 heterocycles. The maximum absolute atomic E-state index is 12.6. The standard InChI is InChI=1S/C19H19N3O4S/c23-17(21-13-3-4-15-16(10-13)26-11-25-15)12-5-8-22(9-6-12)19(24)14-2-1-7-20-18(14)27/h1-4,7,10,12H,5-6,8-9,11H2,(H,20,27)(H,21,23). The number of H-pyrrole nitrogens is 1. The summed E-state index contributed by atoms with van der Waals surface area (Å²) in [6, 6.07) is 8.81. The van der Waals surface area contributed by atoms with Crippen molar-refractivity contribution in [2.24, 2.45) is 5.92 Å². The summed E-state index contributed by atoms with van der Waals surface area (Å²) in [5.41, 5.74) is 1.18. The zero-order valence-corrected chi connectivity index (χ0v) is 15.4. The van der Waals surface area contributed by atoms with Crippen molar-refractivity contribution in [3.8, 4) is 11.5 Å². The molecule has 0 saturated carbocycles. The number of ether oxygens (including phenoxy) is 2. The Kier molecular flexibility index (Phi) is 4.81. The molecular formula is C19H19N3O4S. The number of nitrogens with zero attached hydrogens (tertiary/aromatic N) is 1. The monoisotopic (exact) mass is 385 g/mol. The van der Waals surface area contributed by atoms with Crippen LogP contribution in [-0.4, -0.2) is 41.6 Å². The number of carbonyl (C=O) groups excluding carboxylic acids is 2. The van der Waals surface area contributed by atoms with Gasteiger partial charge in [0.1, 0.15) is 4.64 Å². The van der Waals surface area contributed by atoms with Crippen molar-refractivity contribution < 1.29 is 19.1 Å². The van der Waals surface area contributed by atoms with E-state index in [9.17, 15) is 9.59 Å². The lowest BCUT2D eigenvalue weighted by Crippen LogP contribution is -2.41. The number of benzene rings is 1. The van der Waals surface area contributed by atoms with Crippen molar-refractivity contribution in [1.82, 2.24) is 9.88 Å². The summed E-state index contributed by atoms with van der Waals surface area (Å²) in [6.07, 6.45) is 2.93. The molecule has 2 aliphatic rings. The summed E-state index contributed by atoms with van der Waals surface area (Å²) >= 11 is 5.18. The van der Waals surface area contributed by atoms with Gasteiger partial charge in [0.15, 0.2) is 11.5 Å². The molecule has 0 aliphatic carbocycles. The summed E-state index contributed by atoms with van der Waals surface area (Å²) in [5, 5.41) is 2.93. The minimum Gasteiger partial charge on any atom is -0.454 e. The molecule has 140 valence electrons. The third kappa shape index (κ3) is 3.66. The minimum atomic E-state index is -0.134. The minimum absolute atomic E-state index is 0.0435. The van der Waals surface area contributed by atoms with Crippen molar-refractivity contribution in [1.29, 1.82) is 0 Å². The number of aromatic nitrogens is 1. The molecule has 2 N–H and O–H groups in total. The number of amides is 2. The van der Waals surface area contributed by atoms with E-state index in [1.165, 1.54) is 0 Å². The highest BCUT2D eigenvalue weighted by atomic mass is 32.1. The summed E-state index contributed by atoms with van der Waals surface area (Å²) in [5.74, 6) is 1.04. The second-order valence-electron chi connectivity index (χ2n) is 6.54. The number of pyridine rings is 1. The average Bonchev–Trinajstić information content (AvgIpc) is 3.16. The number of carbonyl (C=O) groups is 2. The van der Waals surface area contributed by atoms with Crippen molar-refractivity contribution in [3.63, 3.8) is 0 Å². The van der Waals surface area contributed by atoms with Gasteiger partial charge in [-0.15, -0.1) is 0 Å². The highest BCUT2D eigenvalue weighted by Crippen LogP contribution is 2.34. The van der Waals surface area contributed by atoms with Crippen LogP contribution < -0.4 is 14.8 Å². The predicted octanol–water partition coefficient (Wildman–Crippen LogP) is 2.96. The first kappa shape index (κ1) is 17.5. The SMILES string of the molecule is O=C(Nc1ccc2c(c1)OCO2)C1CCN(C(=O)c2ccc[nH]c2=S)CC1. The van der Waals surface area contributed by atoms with E-state index in [2.05, 4.69) is 10.3 Å². The van der Waals surface area contributed by atoms with Crippen LogP contribution in [-0.2, 0) is 4.79 Å². The maximum atomic E-state index is 12.6. The van der Waals surface area contributed by atoms with Gasteiger partial charge in [0.2, 0.25) is 12.7 Å². The lowest BCUT2D eigenvalue weighted by atomic mass is 9.95. The Hall–Kier alpha value is -2.87. The largest absolute Gasteiger partial charge is 0.454 e. The zero-order valence-electron chi connectivity index (χ0n) is 14.6. The van der Waals surface area contributed by atoms with Gasteiger partial charge in [-0.2, -0.15) is 0 Å². The molecule has 27 heavy (non-hydrogen) atoms. The smallest absolute Gasteiger partial charge is 0.256 e. The summed E-state index contributed by atoms with van der Waals surface area (Å²) < 4.78 is 11.0. The normalized spacial score (nSPS) is 16.2. The molecule has 0 unspecified atom stereocenters. The number of rotatable bonds is 3. The number of hydrogen-bond donors (Lipinski definition) is 2. The van der Waals surface area contributed by atoms with Crippen LogP contribution in [0.3, 0.4) is 0 Å². The number of likely N-dealkylation sites (tertiary alicyclic amines) is 1. The first-order valence-electron chi connectivity index (χ1n) is 8.79. The quantitative estimate of drug-likeness (QED) is 0.794. The second kappa shape index (κ2) is 7.40. The lowest BCUT2D eigenvalue weighted by Gasteiger charge is -2.31. The van der Waals surface area contributed by atoms with Crippen LogP contribution in [0.4, 0.5) is 5.69 Å². The first-order chi connectivity index (χ1) is 13.1. The zero-order chi connectivity index (χ0) is 18.8. The van der Waals surface area contributed by atoms with Crippen molar-refractivity contribution in [3.05, 3.63) is 46.7 Å². The second-order valence-corrected chi connectivity index (χ2v) is 6.94. The molecule has 1 aromatic heterocycles. The van der Waals surface area contributed by atoms with Gasteiger partial charge in [0.25, 0.3) is 5.91 Å². The average molecular weight is 385 g/mol. The third-order valence-electron chi connectivity index (χ3n) is 4.84. The van der Waals surface area contributed by atoms with E-state index in [0.717, 1.165) is 0 Å². The fourth-order valence-electron chi connectivity index (χ4n) is 3.32. The summed E-state index contributed by atoms with van der Waals surface area (Å²) in [7, 11) is 0. The van der Waals surface area contributed by atoms with Gasteiger partial charge in [-0.25, -0.2) is 0 Å². The third-order valence-corrected chi connectivity index (χ3v) is 5.18. The van der Waals surface area contributed by atoms with Crippen molar-refractivity contribution in [2.45, 2.75) is 12.8 Å². The maximum Gasteiger partial charge on any atom is 0.256 e. The van der Waals surface area contributed by atoms with Gasteiger partial charge in [0.05, 0.1) is 5.56 Å². The van der Waals surface area contributed by atoms with Gasteiger partial charge < -0.3 is 24.7 Å². The Morgan fingerprint density at radius 3 is 2.70 bits per heavy atom. The van der Waals surface area contributed by atoms with E-state index in [4.69, 9.17) is 21.7 Å². The van der Waals surface area contributed by atoms with E-state index in [0.29, 0.717) is 53.3 Å². The van der Waals surface area contributed by atoms with E-state index < -0.39 is 0 Å². The van der Waals surface area contributed by atoms with E-state index in [1.54, 1.807) is 41.4 Å². The van der Waals surface area contributed by atoms with Crippen LogP contribution in [0.1, 0.15) is 23.2 Å². The van der Waals surface area contributed by atoms with Crippen molar-refractivity contribution >= 4 is 29.7 Å². The number of hydrogen-bond acceptors (Lipinski definition) is 5. The molecule has 0 bridgehead atoms. The fraction of sp³-hybridized carbons (Fsp3) is 0.316. The number of aromatic amines is 1. The molecular weight excluding hydrogens is 366 g/mol. The molecule has 0 radical (unpaired) electrons. The van der Waals surface area contributed by atoms with Crippen LogP contribution in [0, 0.1) is 10.6 Å². The highest BCUT2D eigenvalue weighted by molar-refractivity contribution is 7.71. The number of piperidine rings is 1. The molecule has 1 saturated heterocycles. The van der Waals surface area contributed by atoms with Crippen LogP contribution in [0.25, 0.3) is 0 Å². The Bertz CT molecular complexity index is 935. The lowest BCUT2D eigenvalue weighted by molar-refractivity contribution is -0.121. The van der Waals surface area contributed by atoms with E-state index in [1.807, 2.05) is 0 Å². The first-order valence-corrected chi connectivity index (χ1v) is 9.20. The van der Waals surface area contributed by atoms with E-state index in [-0.39, 0.29) is 24.5 Å².